The Morgan fingerprint density at radius 3 is 2.44 bits per heavy atom. The van der Waals surface area contributed by atoms with E-state index in [1.54, 1.807) is 7.11 Å². The molecule has 1 heterocycles. The fourth-order valence-electron chi connectivity index (χ4n) is 3.20. The highest BCUT2D eigenvalue weighted by atomic mass is 127. The summed E-state index contributed by atoms with van der Waals surface area (Å²) in [4.78, 5) is 9.74. The van der Waals surface area contributed by atoms with Crippen molar-refractivity contribution in [2.24, 2.45) is 4.99 Å². The van der Waals surface area contributed by atoms with Crippen molar-refractivity contribution in [1.29, 1.82) is 0 Å². The van der Waals surface area contributed by atoms with Crippen LogP contribution in [-0.2, 0) is 6.42 Å². The first-order chi connectivity index (χ1) is 12.8. The van der Waals surface area contributed by atoms with Crippen LogP contribution in [0.2, 0.25) is 0 Å². The molecular weight excluding hydrogens is 453 g/mol. The summed E-state index contributed by atoms with van der Waals surface area (Å²) in [5.74, 6) is 1.84. The number of para-hydroxylation sites is 1. The highest BCUT2D eigenvalue weighted by molar-refractivity contribution is 14.0. The molecule has 0 aromatic heterocycles. The van der Waals surface area contributed by atoms with Crippen molar-refractivity contribution in [3.8, 4) is 5.75 Å². The van der Waals surface area contributed by atoms with E-state index in [4.69, 9.17) is 9.73 Å². The maximum Gasteiger partial charge on any atom is 0.191 e. The number of methoxy groups -OCH3 is 1. The number of rotatable bonds is 9. The van der Waals surface area contributed by atoms with Gasteiger partial charge in [-0.1, -0.05) is 25.1 Å². The van der Waals surface area contributed by atoms with Crippen LogP contribution in [0.3, 0.4) is 0 Å². The molecule has 0 radical (unpaired) electrons. The van der Waals surface area contributed by atoms with Crippen LogP contribution in [0.15, 0.2) is 29.3 Å². The average Bonchev–Trinajstić information content (AvgIpc) is 2.69. The number of nitrogens with zero attached hydrogens (tertiary/aromatic N) is 3. The van der Waals surface area contributed by atoms with Gasteiger partial charge in [-0.3, -0.25) is 9.89 Å². The molecule has 0 aliphatic carbocycles. The van der Waals surface area contributed by atoms with Crippen LogP contribution in [0.1, 0.15) is 19.4 Å². The first kappa shape index (κ1) is 24.0. The number of guanidine groups is 1. The minimum Gasteiger partial charge on any atom is -0.496 e. The molecule has 1 aromatic carbocycles. The topological polar surface area (TPSA) is 52.1 Å². The van der Waals surface area contributed by atoms with Crippen LogP contribution < -0.4 is 15.4 Å². The second-order valence-corrected chi connectivity index (χ2v) is 6.53. The molecule has 7 heteroatoms. The molecule has 1 aliphatic rings. The number of likely N-dealkylation sites (N-methyl/N-ethyl adjacent to an activating group) is 1. The van der Waals surface area contributed by atoms with Gasteiger partial charge in [0, 0.05) is 45.8 Å². The highest BCUT2D eigenvalue weighted by Gasteiger charge is 2.14. The van der Waals surface area contributed by atoms with Gasteiger partial charge in [0.15, 0.2) is 5.96 Å². The van der Waals surface area contributed by atoms with Gasteiger partial charge in [0.2, 0.25) is 0 Å². The van der Waals surface area contributed by atoms with Crippen LogP contribution in [0.5, 0.6) is 5.75 Å². The third kappa shape index (κ3) is 8.66. The van der Waals surface area contributed by atoms with E-state index in [9.17, 15) is 0 Å². The molecule has 0 unspecified atom stereocenters. The number of aliphatic imine (C=N–C) groups is 1. The standard InChI is InChI=1S/C20H35N5O.HI/c1-4-21-20(22-11-10-18-8-6-7-9-19(18)26-3)23-12-13-25-16-14-24(5-2)15-17-25;/h6-9H,4-5,10-17H2,1-3H3,(H2,21,22,23);1H. The molecule has 0 spiro atoms. The van der Waals surface area contributed by atoms with Crippen LogP contribution in [0.4, 0.5) is 0 Å². The lowest BCUT2D eigenvalue weighted by Gasteiger charge is -2.33. The predicted molar refractivity (Wildman–Crippen MR) is 125 cm³/mol. The van der Waals surface area contributed by atoms with Gasteiger partial charge in [-0.2, -0.15) is 0 Å². The summed E-state index contributed by atoms with van der Waals surface area (Å²) in [5.41, 5.74) is 1.21. The lowest BCUT2D eigenvalue weighted by molar-refractivity contribution is 0.140. The maximum absolute atomic E-state index is 5.42. The summed E-state index contributed by atoms with van der Waals surface area (Å²) in [7, 11) is 1.72. The van der Waals surface area contributed by atoms with Crippen molar-refractivity contribution >= 4 is 29.9 Å². The van der Waals surface area contributed by atoms with E-state index in [1.807, 2.05) is 12.1 Å². The van der Waals surface area contributed by atoms with Gasteiger partial charge < -0.3 is 20.3 Å². The number of hydrogen-bond donors (Lipinski definition) is 2. The van der Waals surface area contributed by atoms with Crippen molar-refractivity contribution < 1.29 is 4.74 Å². The molecule has 0 atom stereocenters. The second kappa shape index (κ2) is 14.0. The Hall–Kier alpha value is -1.06. The third-order valence-corrected chi connectivity index (χ3v) is 4.82. The van der Waals surface area contributed by atoms with Crippen molar-refractivity contribution in [1.82, 2.24) is 20.4 Å². The van der Waals surface area contributed by atoms with Gasteiger partial charge in [0.05, 0.1) is 13.7 Å². The van der Waals surface area contributed by atoms with E-state index in [1.165, 1.54) is 18.7 Å². The average molecular weight is 489 g/mol. The van der Waals surface area contributed by atoms with Crippen LogP contribution in [-0.4, -0.2) is 81.8 Å². The van der Waals surface area contributed by atoms with Crippen LogP contribution in [0.25, 0.3) is 0 Å². The van der Waals surface area contributed by atoms with E-state index >= 15 is 0 Å². The van der Waals surface area contributed by atoms with Gasteiger partial charge in [-0.05, 0) is 31.5 Å². The van der Waals surface area contributed by atoms with Crippen molar-refractivity contribution in [3.63, 3.8) is 0 Å². The molecule has 1 fully saturated rings. The van der Waals surface area contributed by atoms with Crippen molar-refractivity contribution in [2.75, 3.05) is 66.0 Å². The monoisotopic (exact) mass is 489 g/mol. The molecule has 154 valence electrons. The van der Waals surface area contributed by atoms with E-state index in [0.717, 1.165) is 63.9 Å². The SMILES string of the molecule is CCNC(=NCCN1CCN(CC)CC1)NCCc1ccccc1OC.I. The number of halogens is 1. The number of nitrogens with one attached hydrogen (secondary N) is 2. The summed E-state index contributed by atoms with van der Waals surface area (Å²) < 4.78 is 5.42. The lowest BCUT2D eigenvalue weighted by atomic mass is 10.1. The molecular formula is C20H36IN5O. The fourth-order valence-corrected chi connectivity index (χ4v) is 3.20. The molecule has 1 saturated heterocycles. The molecule has 6 nitrogen and oxygen atoms in total. The number of ether oxygens (including phenoxy) is 1. The highest BCUT2D eigenvalue weighted by Crippen LogP contribution is 2.17. The Labute approximate surface area is 181 Å². The maximum atomic E-state index is 5.42. The molecule has 0 bridgehead atoms. The molecule has 0 amide bonds. The summed E-state index contributed by atoms with van der Waals surface area (Å²) in [5, 5.41) is 6.76. The van der Waals surface area contributed by atoms with Gasteiger partial charge in [-0.25, -0.2) is 0 Å². The smallest absolute Gasteiger partial charge is 0.191 e. The Kier molecular flexibility index (Phi) is 12.4. The van der Waals surface area contributed by atoms with E-state index in [-0.39, 0.29) is 24.0 Å². The van der Waals surface area contributed by atoms with Crippen molar-refractivity contribution in [3.05, 3.63) is 29.8 Å². The summed E-state index contributed by atoms with van der Waals surface area (Å²) in [6.07, 6.45) is 0.910. The van der Waals surface area contributed by atoms with Gasteiger partial charge >= 0.3 is 0 Å². The van der Waals surface area contributed by atoms with Crippen LogP contribution >= 0.6 is 24.0 Å². The number of benzene rings is 1. The Balaban J connectivity index is 0.00000364. The Bertz CT molecular complexity index is 547. The van der Waals surface area contributed by atoms with E-state index in [2.05, 4.69) is 46.4 Å². The quantitative estimate of drug-likeness (QED) is 0.316. The third-order valence-electron chi connectivity index (χ3n) is 4.82. The van der Waals surface area contributed by atoms with Gasteiger partial charge in [0.1, 0.15) is 5.75 Å². The molecule has 1 aliphatic heterocycles. The zero-order valence-corrected chi connectivity index (χ0v) is 19.4. The minimum atomic E-state index is 0. The predicted octanol–water partition coefficient (Wildman–Crippen LogP) is 2.05. The normalized spacial score (nSPS) is 15.9. The zero-order chi connectivity index (χ0) is 18.6. The summed E-state index contributed by atoms with van der Waals surface area (Å²) >= 11 is 0. The molecule has 27 heavy (non-hydrogen) atoms. The zero-order valence-electron chi connectivity index (χ0n) is 17.0. The van der Waals surface area contributed by atoms with Crippen molar-refractivity contribution in [2.45, 2.75) is 20.3 Å². The largest absolute Gasteiger partial charge is 0.496 e. The molecule has 0 saturated carbocycles. The second-order valence-electron chi connectivity index (χ2n) is 6.53. The van der Waals surface area contributed by atoms with E-state index in [0.29, 0.717) is 0 Å². The Morgan fingerprint density at radius 2 is 1.78 bits per heavy atom. The lowest BCUT2D eigenvalue weighted by Crippen LogP contribution is -2.47. The first-order valence-corrected chi connectivity index (χ1v) is 9.85. The van der Waals surface area contributed by atoms with Crippen LogP contribution in [0, 0.1) is 0 Å². The summed E-state index contributed by atoms with van der Waals surface area (Å²) in [6.45, 7) is 13.7. The molecule has 1 aromatic rings. The van der Waals surface area contributed by atoms with E-state index < -0.39 is 0 Å². The van der Waals surface area contributed by atoms with Gasteiger partial charge in [-0.15, -0.1) is 24.0 Å². The first-order valence-electron chi connectivity index (χ1n) is 9.85. The molecule has 2 rings (SSSR count). The number of piperazine rings is 1. The fraction of sp³-hybridized carbons (Fsp3) is 0.650. The minimum absolute atomic E-state index is 0. The number of hydrogen-bond acceptors (Lipinski definition) is 4. The summed E-state index contributed by atoms with van der Waals surface area (Å²) in [6, 6.07) is 8.17. The molecule has 2 N–H and O–H groups in total. The Morgan fingerprint density at radius 1 is 1.07 bits per heavy atom. The van der Waals surface area contributed by atoms with Gasteiger partial charge in [0.25, 0.3) is 0 Å².